The second-order valence-corrected chi connectivity index (χ2v) is 8.01. The molecule has 0 amide bonds. The van der Waals surface area contributed by atoms with Crippen molar-refractivity contribution >= 4 is 23.0 Å². The highest BCUT2D eigenvalue weighted by Crippen LogP contribution is 2.33. The number of carbonyl (C=O) groups is 1. The van der Waals surface area contributed by atoms with Crippen molar-refractivity contribution in [2.75, 3.05) is 12.4 Å². The number of hydrogen-bond acceptors (Lipinski definition) is 6. The highest BCUT2D eigenvalue weighted by Gasteiger charge is 2.34. The summed E-state index contributed by atoms with van der Waals surface area (Å²) in [6, 6.07) is 11.4. The number of carbonyl (C=O) groups excluding carboxylic acids is 1. The Bertz CT molecular complexity index is 1480. The van der Waals surface area contributed by atoms with Crippen molar-refractivity contribution in [2.45, 2.75) is 25.7 Å². The van der Waals surface area contributed by atoms with E-state index >= 15 is 0 Å². The number of rotatable bonds is 6. The van der Waals surface area contributed by atoms with E-state index in [-0.39, 0.29) is 23.2 Å². The van der Waals surface area contributed by atoms with E-state index in [2.05, 4.69) is 20.0 Å². The van der Waals surface area contributed by atoms with Gasteiger partial charge in [-0.15, -0.1) is 0 Å². The number of aromatic nitrogens is 3. The summed E-state index contributed by atoms with van der Waals surface area (Å²) in [5, 5.41) is 3.52. The van der Waals surface area contributed by atoms with E-state index in [1.807, 2.05) is 6.92 Å². The SMILES string of the molecule is COC(=O)c1ccc([C@H](C)Nc2ncc3ccc(=O)n(Cc4ccc(F)cc4C(F)(F)F)c3n2)cc1. The maximum absolute atomic E-state index is 13.5. The summed E-state index contributed by atoms with van der Waals surface area (Å²) in [4.78, 5) is 32.9. The molecule has 0 bridgehead atoms. The zero-order chi connectivity index (χ0) is 26.0. The van der Waals surface area contributed by atoms with Crippen LogP contribution in [-0.4, -0.2) is 27.6 Å². The third-order valence-corrected chi connectivity index (χ3v) is 5.61. The van der Waals surface area contributed by atoms with E-state index < -0.39 is 35.6 Å². The third-order valence-electron chi connectivity index (χ3n) is 5.61. The summed E-state index contributed by atoms with van der Waals surface area (Å²) in [5.41, 5.74) is -0.702. The Balaban J connectivity index is 1.67. The summed E-state index contributed by atoms with van der Waals surface area (Å²) in [6.07, 6.45) is -3.35. The molecule has 0 saturated heterocycles. The van der Waals surface area contributed by atoms with Crippen LogP contribution >= 0.6 is 0 Å². The van der Waals surface area contributed by atoms with E-state index in [1.165, 1.54) is 25.4 Å². The van der Waals surface area contributed by atoms with Gasteiger partial charge in [-0.2, -0.15) is 18.2 Å². The number of esters is 1. The number of benzene rings is 2. The summed E-state index contributed by atoms with van der Waals surface area (Å²) in [6.45, 7) is 1.36. The molecule has 0 aliphatic carbocycles. The average Bonchev–Trinajstić information content (AvgIpc) is 2.85. The van der Waals surface area contributed by atoms with Crippen LogP contribution in [0.1, 0.15) is 40.0 Å². The first-order chi connectivity index (χ1) is 17.1. The molecule has 11 heteroatoms. The summed E-state index contributed by atoms with van der Waals surface area (Å²) in [7, 11) is 1.29. The smallest absolute Gasteiger partial charge is 0.416 e. The molecule has 4 aromatic rings. The molecule has 36 heavy (non-hydrogen) atoms. The Labute approximate surface area is 202 Å². The molecule has 0 saturated carbocycles. The number of fused-ring (bicyclic) bond motifs is 1. The van der Waals surface area contributed by atoms with Crippen LogP contribution in [0.15, 0.2) is 65.6 Å². The van der Waals surface area contributed by atoms with E-state index in [0.717, 1.165) is 22.3 Å². The van der Waals surface area contributed by atoms with Crippen LogP contribution in [0.3, 0.4) is 0 Å². The van der Waals surface area contributed by atoms with Gasteiger partial charge in [0.15, 0.2) is 0 Å². The predicted molar refractivity (Wildman–Crippen MR) is 124 cm³/mol. The molecular weight excluding hydrogens is 480 g/mol. The van der Waals surface area contributed by atoms with Crippen molar-refractivity contribution in [3.05, 3.63) is 99.2 Å². The second kappa shape index (κ2) is 9.76. The van der Waals surface area contributed by atoms with Crippen molar-refractivity contribution in [1.29, 1.82) is 0 Å². The molecule has 2 heterocycles. The third kappa shape index (κ3) is 5.19. The van der Waals surface area contributed by atoms with Crippen molar-refractivity contribution < 1.29 is 27.1 Å². The number of alkyl halides is 3. The van der Waals surface area contributed by atoms with Crippen LogP contribution in [0, 0.1) is 5.82 Å². The molecule has 4 rings (SSSR count). The average molecular weight is 500 g/mol. The van der Waals surface area contributed by atoms with Crippen LogP contribution in [0.2, 0.25) is 0 Å². The molecule has 1 atom stereocenters. The van der Waals surface area contributed by atoms with Crippen molar-refractivity contribution in [3.8, 4) is 0 Å². The first kappa shape index (κ1) is 24.8. The molecule has 2 aromatic heterocycles. The fourth-order valence-corrected chi connectivity index (χ4v) is 3.72. The second-order valence-electron chi connectivity index (χ2n) is 8.01. The van der Waals surface area contributed by atoms with E-state index in [9.17, 15) is 27.2 Å². The molecule has 0 aliphatic heterocycles. The van der Waals surface area contributed by atoms with Gasteiger partial charge in [-0.05, 0) is 48.4 Å². The molecular formula is C25H20F4N4O3. The zero-order valence-electron chi connectivity index (χ0n) is 19.1. The summed E-state index contributed by atoms with van der Waals surface area (Å²) < 4.78 is 59.8. The maximum atomic E-state index is 13.5. The lowest BCUT2D eigenvalue weighted by molar-refractivity contribution is -0.138. The number of nitrogens with zero attached hydrogens (tertiary/aromatic N) is 3. The highest BCUT2D eigenvalue weighted by atomic mass is 19.4. The number of anilines is 1. The Morgan fingerprint density at radius 2 is 1.83 bits per heavy atom. The minimum absolute atomic E-state index is 0.116. The molecule has 0 aliphatic rings. The lowest BCUT2D eigenvalue weighted by atomic mass is 10.1. The Morgan fingerprint density at radius 1 is 1.11 bits per heavy atom. The highest BCUT2D eigenvalue weighted by molar-refractivity contribution is 5.89. The van der Waals surface area contributed by atoms with Crippen molar-refractivity contribution in [1.82, 2.24) is 14.5 Å². The largest absolute Gasteiger partial charge is 0.465 e. The summed E-state index contributed by atoms with van der Waals surface area (Å²) in [5.74, 6) is -1.35. The van der Waals surface area contributed by atoms with Crippen LogP contribution < -0.4 is 10.9 Å². The quantitative estimate of drug-likeness (QED) is 0.298. The Morgan fingerprint density at radius 3 is 2.50 bits per heavy atom. The Kier molecular flexibility index (Phi) is 6.73. The molecule has 2 aromatic carbocycles. The normalized spacial score (nSPS) is 12.4. The van der Waals surface area contributed by atoms with Gasteiger partial charge in [0.2, 0.25) is 5.95 Å². The van der Waals surface area contributed by atoms with E-state index in [4.69, 9.17) is 0 Å². The van der Waals surface area contributed by atoms with E-state index in [1.54, 1.807) is 24.3 Å². The fraction of sp³-hybridized carbons (Fsp3) is 0.200. The molecule has 1 N–H and O–H groups in total. The molecule has 0 fully saturated rings. The van der Waals surface area contributed by atoms with Crippen LogP contribution in [-0.2, 0) is 17.5 Å². The minimum atomic E-state index is -4.80. The molecule has 0 radical (unpaired) electrons. The van der Waals surface area contributed by atoms with Gasteiger partial charge in [0, 0.05) is 17.6 Å². The lowest BCUT2D eigenvalue weighted by Gasteiger charge is -2.17. The van der Waals surface area contributed by atoms with Gasteiger partial charge < -0.3 is 10.1 Å². The number of methoxy groups -OCH3 is 1. The standard InChI is InChI=1S/C25H20F4N4O3/c1-14(15-3-5-16(6-4-15)23(35)36-2)31-24-30-12-17-8-10-21(34)33(22(17)32-24)13-18-7-9-19(26)11-20(18)25(27,28)29/h3-12,14H,13H2,1-2H3,(H,30,31,32)/t14-/m0/s1. The molecule has 186 valence electrons. The van der Waals surface area contributed by atoms with Gasteiger partial charge in [-0.25, -0.2) is 14.2 Å². The predicted octanol–water partition coefficient (Wildman–Crippen LogP) is 4.96. The van der Waals surface area contributed by atoms with Crippen molar-refractivity contribution in [2.24, 2.45) is 0 Å². The zero-order valence-corrected chi connectivity index (χ0v) is 19.1. The van der Waals surface area contributed by atoms with Crippen molar-refractivity contribution in [3.63, 3.8) is 0 Å². The number of pyridine rings is 1. The van der Waals surface area contributed by atoms with Gasteiger partial charge in [0.25, 0.3) is 5.56 Å². The minimum Gasteiger partial charge on any atom is -0.465 e. The number of nitrogens with one attached hydrogen (secondary N) is 1. The number of hydrogen-bond donors (Lipinski definition) is 1. The Hall–Kier alpha value is -4.28. The lowest BCUT2D eigenvalue weighted by Crippen LogP contribution is -2.23. The first-order valence-electron chi connectivity index (χ1n) is 10.7. The molecule has 7 nitrogen and oxygen atoms in total. The van der Waals surface area contributed by atoms with Gasteiger partial charge >= 0.3 is 12.1 Å². The monoisotopic (exact) mass is 500 g/mol. The van der Waals surface area contributed by atoms with Gasteiger partial charge in [0.1, 0.15) is 11.5 Å². The van der Waals surface area contributed by atoms with Gasteiger partial charge in [-0.3, -0.25) is 9.36 Å². The van der Waals surface area contributed by atoms with Gasteiger partial charge in [0.05, 0.1) is 30.8 Å². The van der Waals surface area contributed by atoms with E-state index in [0.29, 0.717) is 17.0 Å². The van der Waals surface area contributed by atoms with Crippen LogP contribution in [0.4, 0.5) is 23.5 Å². The molecule has 0 spiro atoms. The first-order valence-corrected chi connectivity index (χ1v) is 10.7. The molecule has 0 unspecified atom stereocenters. The number of ether oxygens (including phenoxy) is 1. The maximum Gasteiger partial charge on any atom is 0.416 e. The summed E-state index contributed by atoms with van der Waals surface area (Å²) >= 11 is 0. The number of halogens is 4. The van der Waals surface area contributed by atoms with Crippen LogP contribution in [0.5, 0.6) is 0 Å². The fourth-order valence-electron chi connectivity index (χ4n) is 3.72. The topological polar surface area (TPSA) is 86.1 Å². The van der Waals surface area contributed by atoms with Crippen LogP contribution in [0.25, 0.3) is 11.0 Å². The van der Waals surface area contributed by atoms with Gasteiger partial charge in [-0.1, -0.05) is 18.2 Å².